The molecule has 0 atom stereocenters. The summed E-state index contributed by atoms with van der Waals surface area (Å²) in [7, 11) is 1.96. The van der Waals surface area contributed by atoms with E-state index in [9.17, 15) is 0 Å². The molecule has 3 rings (SSSR count). The van der Waals surface area contributed by atoms with E-state index in [-0.39, 0.29) is 0 Å². The van der Waals surface area contributed by atoms with E-state index in [1.54, 1.807) is 30.4 Å². The summed E-state index contributed by atoms with van der Waals surface area (Å²) in [6.45, 7) is 0. The molecule has 0 aromatic carbocycles. The molecule has 0 bridgehead atoms. The van der Waals surface area contributed by atoms with E-state index in [2.05, 4.69) is 15.0 Å². The van der Waals surface area contributed by atoms with Crippen molar-refractivity contribution >= 4 is 23.4 Å². The van der Waals surface area contributed by atoms with E-state index in [1.807, 2.05) is 24.1 Å². The third kappa shape index (κ3) is 1.27. The standard InChI is InChI=1S/C10H8N4S/c1-14-8-7(3-2-4-11-8)15-10-9(14)12-5-6-13-10/h2-6H,1H3. The molecule has 5 heteroatoms. The predicted octanol–water partition coefficient (Wildman–Crippen LogP) is 2.10. The van der Waals surface area contributed by atoms with Gasteiger partial charge in [-0.1, -0.05) is 11.8 Å². The molecule has 0 spiro atoms. The van der Waals surface area contributed by atoms with Gasteiger partial charge < -0.3 is 4.90 Å². The van der Waals surface area contributed by atoms with Gasteiger partial charge in [-0.25, -0.2) is 15.0 Å². The minimum Gasteiger partial charge on any atom is -0.311 e. The Morgan fingerprint density at radius 1 is 1.07 bits per heavy atom. The molecule has 74 valence electrons. The molecular weight excluding hydrogens is 208 g/mol. The van der Waals surface area contributed by atoms with Gasteiger partial charge in [-0.3, -0.25) is 0 Å². The molecule has 4 nitrogen and oxygen atoms in total. The lowest BCUT2D eigenvalue weighted by molar-refractivity contribution is 0.945. The van der Waals surface area contributed by atoms with E-state index in [0.717, 1.165) is 21.6 Å². The van der Waals surface area contributed by atoms with Crippen molar-refractivity contribution < 1.29 is 0 Å². The fourth-order valence-corrected chi connectivity index (χ4v) is 2.57. The van der Waals surface area contributed by atoms with Crippen molar-refractivity contribution in [1.82, 2.24) is 15.0 Å². The van der Waals surface area contributed by atoms with Gasteiger partial charge in [0.15, 0.2) is 5.82 Å². The number of rotatable bonds is 0. The van der Waals surface area contributed by atoms with Gasteiger partial charge >= 0.3 is 0 Å². The Bertz CT molecular complexity index is 469. The van der Waals surface area contributed by atoms with Crippen molar-refractivity contribution in [3.8, 4) is 0 Å². The van der Waals surface area contributed by atoms with Crippen LogP contribution < -0.4 is 4.90 Å². The molecule has 0 fully saturated rings. The summed E-state index contributed by atoms with van der Waals surface area (Å²) in [6.07, 6.45) is 5.20. The summed E-state index contributed by atoms with van der Waals surface area (Å²) in [6, 6.07) is 3.97. The van der Waals surface area contributed by atoms with Crippen molar-refractivity contribution in [1.29, 1.82) is 0 Å². The van der Waals surface area contributed by atoms with Gasteiger partial charge in [0.2, 0.25) is 0 Å². The summed E-state index contributed by atoms with van der Waals surface area (Å²) >= 11 is 1.61. The first kappa shape index (κ1) is 8.67. The molecule has 2 aromatic heterocycles. The van der Waals surface area contributed by atoms with E-state index in [0.29, 0.717) is 0 Å². The van der Waals surface area contributed by atoms with Gasteiger partial charge in [0.05, 0.1) is 4.90 Å². The highest BCUT2D eigenvalue weighted by molar-refractivity contribution is 7.99. The fraction of sp³-hybridized carbons (Fsp3) is 0.100. The zero-order valence-electron chi connectivity index (χ0n) is 8.08. The Labute approximate surface area is 91.4 Å². The number of hydrogen-bond acceptors (Lipinski definition) is 5. The molecule has 15 heavy (non-hydrogen) atoms. The van der Waals surface area contributed by atoms with Crippen LogP contribution >= 0.6 is 11.8 Å². The predicted molar refractivity (Wildman–Crippen MR) is 58.5 cm³/mol. The minimum absolute atomic E-state index is 0.869. The number of hydrogen-bond donors (Lipinski definition) is 0. The second-order valence-electron chi connectivity index (χ2n) is 3.17. The zero-order valence-corrected chi connectivity index (χ0v) is 8.90. The van der Waals surface area contributed by atoms with Crippen LogP contribution in [-0.2, 0) is 0 Å². The van der Waals surface area contributed by atoms with Crippen LogP contribution in [0, 0.1) is 0 Å². The van der Waals surface area contributed by atoms with E-state index in [1.165, 1.54) is 0 Å². The number of aromatic nitrogens is 3. The van der Waals surface area contributed by atoms with Gasteiger partial charge in [-0.2, -0.15) is 0 Å². The van der Waals surface area contributed by atoms with E-state index >= 15 is 0 Å². The molecule has 1 aliphatic heterocycles. The number of anilines is 2. The Hall–Kier alpha value is -1.62. The first-order valence-electron chi connectivity index (χ1n) is 4.54. The summed E-state index contributed by atoms with van der Waals surface area (Å²) in [4.78, 5) is 16.0. The first-order valence-corrected chi connectivity index (χ1v) is 5.35. The monoisotopic (exact) mass is 216 g/mol. The lowest BCUT2D eigenvalue weighted by atomic mass is 10.4. The number of nitrogens with zero attached hydrogens (tertiary/aromatic N) is 4. The topological polar surface area (TPSA) is 41.9 Å². The van der Waals surface area contributed by atoms with Crippen LogP contribution in [0.5, 0.6) is 0 Å². The van der Waals surface area contributed by atoms with Crippen LogP contribution in [0.2, 0.25) is 0 Å². The van der Waals surface area contributed by atoms with Crippen LogP contribution in [0.4, 0.5) is 11.6 Å². The number of pyridine rings is 1. The molecule has 1 aliphatic rings. The largest absolute Gasteiger partial charge is 0.311 e. The maximum Gasteiger partial charge on any atom is 0.167 e. The highest BCUT2D eigenvalue weighted by Gasteiger charge is 2.22. The Kier molecular flexibility index (Phi) is 1.85. The van der Waals surface area contributed by atoms with Crippen molar-refractivity contribution in [2.45, 2.75) is 9.92 Å². The van der Waals surface area contributed by atoms with Gasteiger partial charge in [0.1, 0.15) is 10.8 Å². The highest BCUT2D eigenvalue weighted by Crippen LogP contribution is 2.43. The van der Waals surface area contributed by atoms with Crippen molar-refractivity contribution in [3.05, 3.63) is 30.7 Å². The lowest BCUT2D eigenvalue weighted by Crippen LogP contribution is -2.17. The molecule has 3 heterocycles. The Balaban J connectivity index is 2.20. The van der Waals surface area contributed by atoms with Gasteiger partial charge in [-0.15, -0.1) is 0 Å². The van der Waals surface area contributed by atoms with Crippen LogP contribution in [0.1, 0.15) is 0 Å². The highest BCUT2D eigenvalue weighted by atomic mass is 32.2. The maximum absolute atomic E-state index is 4.34. The van der Waals surface area contributed by atoms with Crippen LogP contribution in [0.15, 0.2) is 40.6 Å². The van der Waals surface area contributed by atoms with Crippen LogP contribution in [0.25, 0.3) is 0 Å². The molecule has 0 radical (unpaired) electrons. The summed E-state index contributed by atoms with van der Waals surface area (Å²) in [5.41, 5.74) is 0. The summed E-state index contributed by atoms with van der Waals surface area (Å²) in [5, 5.41) is 0.931. The molecule has 0 amide bonds. The normalized spacial score (nSPS) is 13.3. The van der Waals surface area contributed by atoms with Gasteiger partial charge in [-0.05, 0) is 12.1 Å². The second kappa shape index (κ2) is 3.20. The quantitative estimate of drug-likeness (QED) is 0.674. The van der Waals surface area contributed by atoms with E-state index in [4.69, 9.17) is 0 Å². The smallest absolute Gasteiger partial charge is 0.167 e. The zero-order chi connectivity index (χ0) is 10.3. The lowest BCUT2D eigenvalue weighted by Gasteiger charge is -2.25. The van der Waals surface area contributed by atoms with Crippen molar-refractivity contribution in [2.75, 3.05) is 11.9 Å². The fourth-order valence-electron chi connectivity index (χ4n) is 1.54. The average Bonchev–Trinajstić information content (AvgIpc) is 2.30. The van der Waals surface area contributed by atoms with E-state index < -0.39 is 0 Å². The SMILES string of the molecule is CN1c2ncccc2Sc2nccnc21. The van der Waals surface area contributed by atoms with Gasteiger partial charge in [0.25, 0.3) is 0 Å². The molecule has 0 aliphatic carbocycles. The maximum atomic E-state index is 4.34. The Morgan fingerprint density at radius 2 is 1.87 bits per heavy atom. The molecule has 0 unspecified atom stereocenters. The molecule has 2 aromatic rings. The van der Waals surface area contributed by atoms with Crippen LogP contribution in [-0.4, -0.2) is 22.0 Å². The van der Waals surface area contributed by atoms with Crippen molar-refractivity contribution in [2.24, 2.45) is 0 Å². The number of fused-ring (bicyclic) bond motifs is 2. The van der Waals surface area contributed by atoms with Gasteiger partial charge in [0, 0.05) is 25.6 Å². The molecule has 0 N–H and O–H groups in total. The third-order valence-corrected chi connectivity index (χ3v) is 3.26. The summed E-state index contributed by atoms with van der Waals surface area (Å²) in [5.74, 6) is 1.81. The molecule has 0 saturated heterocycles. The molecule has 0 saturated carbocycles. The van der Waals surface area contributed by atoms with Crippen molar-refractivity contribution in [3.63, 3.8) is 0 Å². The van der Waals surface area contributed by atoms with Crippen LogP contribution in [0.3, 0.4) is 0 Å². The second-order valence-corrected chi connectivity index (χ2v) is 4.20. The average molecular weight is 216 g/mol. The first-order chi connectivity index (χ1) is 7.36. The molecular formula is C10H8N4S. The third-order valence-electron chi connectivity index (χ3n) is 2.24. The summed E-state index contributed by atoms with van der Waals surface area (Å²) < 4.78 is 0. The Morgan fingerprint density at radius 3 is 2.80 bits per heavy atom. The minimum atomic E-state index is 0.869.